The maximum atomic E-state index is 14.5. The largest absolute Gasteiger partial charge is 0.393 e. The first-order chi connectivity index (χ1) is 13.0. The predicted octanol–water partition coefficient (Wildman–Crippen LogP) is 3.75. The lowest BCUT2D eigenvalue weighted by molar-refractivity contribution is 0.145. The van der Waals surface area contributed by atoms with Gasteiger partial charge in [0, 0.05) is 31.6 Å². The zero-order valence-electron chi connectivity index (χ0n) is 15.7. The maximum Gasteiger partial charge on any atom is 0.317 e. The summed E-state index contributed by atoms with van der Waals surface area (Å²) in [7, 11) is 1.76. The monoisotopic (exact) mass is 391 g/mol. The first-order valence-corrected chi connectivity index (χ1v) is 10.1. The molecule has 1 atom stereocenters. The van der Waals surface area contributed by atoms with Gasteiger partial charge in [0.15, 0.2) is 0 Å². The van der Waals surface area contributed by atoms with Gasteiger partial charge in [-0.1, -0.05) is 12.1 Å². The van der Waals surface area contributed by atoms with Crippen LogP contribution in [-0.4, -0.2) is 42.3 Å². The van der Waals surface area contributed by atoms with Crippen LogP contribution >= 0.6 is 11.3 Å². The fourth-order valence-corrected chi connectivity index (χ4v) is 4.05. The summed E-state index contributed by atoms with van der Waals surface area (Å²) in [5.74, 6) is -0.293. The number of hydrogen-bond acceptors (Lipinski definition) is 4. The molecule has 1 unspecified atom stereocenters. The van der Waals surface area contributed by atoms with Gasteiger partial charge in [0.2, 0.25) is 0 Å². The molecular weight excluding hydrogens is 365 g/mol. The molecule has 1 saturated heterocycles. The van der Waals surface area contributed by atoms with E-state index in [9.17, 15) is 14.3 Å². The number of halogens is 1. The van der Waals surface area contributed by atoms with Crippen LogP contribution in [0.25, 0.3) is 0 Å². The van der Waals surface area contributed by atoms with Gasteiger partial charge in [-0.3, -0.25) is 0 Å². The fraction of sp³-hybridized carbons (Fsp3) is 0.450. The number of carbonyl (C=O) groups excluding carboxylic acids is 1. The molecule has 0 bridgehead atoms. The van der Waals surface area contributed by atoms with Gasteiger partial charge >= 0.3 is 6.03 Å². The number of hydrogen-bond donors (Lipinski definition) is 2. The van der Waals surface area contributed by atoms with Gasteiger partial charge in [-0.2, -0.15) is 0 Å². The molecule has 1 aromatic heterocycles. The SMILES string of the molecule is CC(c1cccs1)N(C)C(=O)NCc1ccc(N2CCC(O)CC2)c(F)c1. The maximum absolute atomic E-state index is 14.5. The van der Waals surface area contributed by atoms with Crippen LogP contribution in [-0.2, 0) is 6.54 Å². The number of nitrogens with zero attached hydrogens (tertiary/aromatic N) is 2. The standard InChI is InChI=1S/C20H26FN3O2S/c1-14(19-4-3-11-27-19)23(2)20(26)22-13-15-5-6-18(17(21)12-15)24-9-7-16(25)8-10-24/h3-6,11-12,14,16,25H,7-10,13H2,1-2H3,(H,22,26). The highest BCUT2D eigenvalue weighted by Gasteiger charge is 2.20. The van der Waals surface area contributed by atoms with Crippen molar-refractivity contribution in [1.29, 1.82) is 0 Å². The predicted molar refractivity (Wildman–Crippen MR) is 107 cm³/mol. The average molecular weight is 392 g/mol. The van der Waals surface area contributed by atoms with E-state index in [1.54, 1.807) is 29.4 Å². The molecule has 7 heteroatoms. The molecular formula is C20H26FN3O2S. The first kappa shape index (κ1) is 19.6. The van der Waals surface area contributed by atoms with E-state index >= 15 is 0 Å². The second kappa shape index (κ2) is 8.71. The summed E-state index contributed by atoms with van der Waals surface area (Å²) < 4.78 is 14.5. The lowest BCUT2D eigenvalue weighted by Gasteiger charge is -2.31. The quantitative estimate of drug-likeness (QED) is 0.816. The highest BCUT2D eigenvalue weighted by molar-refractivity contribution is 7.10. The Kier molecular flexibility index (Phi) is 6.34. The van der Waals surface area contributed by atoms with Gasteiger partial charge in [0.05, 0.1) is 17.8 Å². The summed E-state index contributed by atoms with van der Waals surface area (Å²) in [5, 5.41) is 14.4. The summed E-state index contributed by atoms with van der Waals surface area (Å²) in [5.41, 5.74) is 1.28. The zero-order chi connectivity index (χ0) is 19.4. The van der Waals surface area contributed by atoms with E-state index in [0.717, 1.165) is 10.4 Å². The van der Waals surface area contributed by atoms with Crippen molar-refractivity contribution in [3.8, 4) is 0 Å². The number of nitrogens with one attached hydrogen (secondary N) is 1. The molecule has 1 aromatic carbocycles. The molecule has 5 nitrogen and oxygen atoms in total. The summed E-state index contributed by atoms with van der Waals surface area (Å²) >= 11 is 1.62. The van der Waals surface area contributed by atoms with E-state index in [1.165, 1.54) is 6.07 Å². The Morgan fingerprint density at radius 3 is 2.78 bits per heavy atom. The van der Waals surface area contributed by atoms with E-state index in [1.807, 2.05) is 35.4 Å². The highest BCUT2D eigenvalue weighted by Crippen LogP contribution is 2.25. The van der Waals surface area contributed by atoms with Gasteiger partial charge in [0.1, 0.15) is 5.82 Å². The lowest BCUT2D eigenvalue weighted by atomic mass is 10.1. The van der Waals surface area contributed by atoms with Crippen LogP contribution in [0.5, 0.6) is 0 Å². The van der Waals surface area contributed by atoms with Crippen LogP contribution in [0.15, 0.2) is 35.7 Å². The molecule has 0 aliphatic carbocycles. The summed E-state index contributed by atoms with van der Waals surface area (Å²) in [6.07, 6.45) is 1.03. The number of urea groups is 1. The van der Waals surface area contributed by atoms with Gasteiger partial charge in [-0.25, -0.2) is 9.18 Å². The molecule has 2 amide bonds. The fourth-order valence-electron chi connectivity index (χ4n) is 3.22. The number of anilines is 1. The topological polar surface area (TPSA) is 55.8 Å². The molecule has 146 valence electrons. The number of benzene rings is 1. The van der Waals surface area contributed by atoms with E-state index < -0.39 is 0 Å². The molecule has 27 heavy (non-hydrogen) atoms. The lowest BCUT2D eigenvalue weighted by Crippen LogP contribution is -2.38. The van der Waals surface area contributed by atoms with Crippen molar-refractivity contribution in [2.24, 2.45) is 0 Å². The highest BCUT2D eigenvalue weighted by atomic mass is 32.1. The Bertz CT molecular complexity index is 761. The van der Waals surface area contributed by atoms with Crippen molar-refractivity contribution in [3.05, 3.63) is 52.0 Å². The van der Waals surface area contributed by atoms with Crippen LogP contribution in [0.1, 0.15) is 36.2 Å². The number of aliphatic hydroxyl groups excluding tert-OH is 1. The molecule has 1 aliphatic rings. The number of piperidine rings is 1. The number of rotatable bonds is 5. The molecule has 1 fully saturated rings. The van der Waals surface area contributed by atoms with Crippen molar-refractivity contribution in [2.45, 2.75) is 38.5 Å². The van der Waals surface area contributed by atoms with E-state index in [4.69, 9.17) is 0 Å². The van der Waals surface area contributed by atoms with Crippen molar-refractivity contribution >= 4 is 23.1 Å². The molecule has 2 N–H and O–H groups in total. The minimum absolute atomic E-state index is 0.0152. The Morgan fingerprint density at radius 1 is 1.41 bits per heavy atom. The van der Waals surface area contributed by atoms with Crippen molar-refractivity contribution in [3.63, 3.8) is 0 Å². The third-order valence-corrected chi connectivity index (χ3v) is 6.16. The summed E-state index contributed by atoms with van der Waals surface area (Å²) in [4.78, 5) is 17.1. The third kappa shape index (κ3) is 4.78. The van der Waals surface area contributed by atoms with E-state index in [0.29, 0.717) is 31.6 Å². The van der Waals surface area contributed by atoms with Gasteiger partial charge in [0.25, 0.3) is 0 Å². The van der Waals surface area contributed by atoms with Gasteiger partial charge < -0.3 is 20.2 Å². The number of amides is 2. The van der Waals surface area contributed by atoms with Crippen molar-refractivity contribution in [1.82, 2.24) is 10.2 Å². The molecule has 0 saturated carbocycles. The molecule has 0 spiro atoms. The minimum Gasteiger partial charge on any atom is -0.393 e. The number of carbonyl (C=O) groups is 1. The van der Waals surface area contributed by atoms with Crippen molar-refractivity contribution < 1.29 is 14.3 Å². The van der Waals surface area contributed by atoms with Crippen LogP contribution in [0.3, 0.4) is 0 Å². The second-order valence-electron chi connectivity index (χ2n) is 6.96. The number of thiophene rings is 1. The Balaban J connectivity index is 1.56. The van der Waals surface area contributed by atoms with Crippen LogP contribution in [0.4, 0.5) is 14.9 Å². The van der Waals surface area contributed by atoms with Gasteiger partial charge in [-0.15, -0.1) is 11.3 Å². The molecule has 0 radical (unpaired) electrons. The Labute approximate surface area is 163 Å². The second-order valence-corrected chi connectivity index (χ2v) is 7.94. The third-order valence-electron chi connectivity index (χ3n) is 5.12. The summed E-state index contributed by atoms with van der Waals surface area (Å²) in [6.45, 7) is 3.56. The normalized spacial score (nSPS) is 16.2. The smallest absolute Gasteiger partial charge is 0.317 e. The zero-order valence-corrected chi connectivity index (χ0v) is 16.5. The first-order valence-electron chi connectivity index (χ1n) is 9.21. The minimum atomic E-state index is -0.293. The van der Waals surface area contributed by atoms with E-state index in [-0.39, 0.29) is 30.5 Å². The van der Waals surface area contributed by atoms with E-state index in [2.05, 4.69) is 5.32 Å². The van der Waals surface area contributed by atoms with Crippen LogP contribution in [0.2, 0.25) is 0 Å². The van der Waals surface area contributed by atoms with Crippen LogP contribution in [0, 0.1) is 5.82 Å². The Morgan fingerprint density at radius 2 is 2.15 bits per heavy atom. The molecule has 3 rings (SSSR count). The molecule has 2 aromatic rings. The van der Waals surface area contributed by atoms with Crippen molar-refractivity contribution in [2.75, 3.05) is 25.0 Å². The Hall–Kier alpha value is -2.12. The molecule has 1 aliphatic heterocycles. The number of aliphatic hydroxyl groups is 1. The molecule has 2 heterocycles. The average Bonchev–Trinajstić information content (AvgIpc) is 3.20. The van der Waals surface area contributed by atoms with Crippen LogP contribution < -0.4 is 10.2 Å². The summed E-state index contributed by atoms with van der Waals surface area (Å²) in [6, 6.07) is 8.84. The van der Waals surface area contributed by atoms with Gasteiger partial charge in [-0.05, 0) is 48.9 Å².